The van der Waals surface area contributed by atoms with E-state index in [2.05, 4.69) is 20.3 Å². The van der Waals surface area contributed by atoms with Crippen LogP contribution in [-0.4, -0.2) is 24.8 Å². The first-order valence-corrected chi connectivity index (χ1v) is 6.42. The van der Waals surface area contributed by atoms with Gasteiger partial charge in [0, 0.05) is 28.7 Å². The van der Waals surface area contributed by atoms with E-state index in [9.17, 15) is 0 Å². The Morgan fingerprint density at radius 1 is 0.950 bits per heavy atom. The van der Waals surface area contributed by atoms with E-state index in [1.54, 1.807) is 16.9 Å². The van der Waals surface area contributed by atoms with Crippen LogP contribution in [0.2, 0.25) is 5.15 Å². The highest BCUT2D eigenvalue weighted by atomic mass is 35.5. The lowest BCUT2D eigenvalue weighted by Crippen LogP contribution is -1.97. The molecule has 4 rings (SSSR count). The fourth-order valence-electron chi connectivity index (χ4n) is 2.22. The molecule has 0 spiro atoms. The zero-order chi connectivity index (χ0) is 13.5. The molecule has 0 aliphatic rings. The standard InChI is InChI=1S/C14H8ClN5/c15-12-10-5-1-2-6-11(10)14-18-17-13(20(14)19-12)9-4-3-7-16-8-9/h1-8H. The molecule has 0 fully saturated rings. The first-order valence-electron chi connectivity index (χ1n) is 6.04. The largest absolute Gasteiger partial charge is 0.264 e. The van der Waals surface area contributed by atoms with Crippen molar-refractivity contribution in [3.63, 3.8) is 0 Å². The van der Waals surface area contributed by atoms with Crippen LogP contribution in [0.15, 0.2) is 48.8 Å². The van der Waals surface area contributed by atoms with Crippen molar-refractivity contribution < 1.29 is 0 Å². The molecule has 0 unspecified atom stereocenters. The van der Waals surface area contributed by atoms with Gasteiger partial charge in [0.05, 0.1) is 0 Å². The maximum atomic E-state index is 6.25. The van der Waals surface area contributed by atoms with E-state index in [1.807, 2.05) is 36.4 Å². The van der Waals surface area contributed by atoms with Gasteiger partial charge >= 0.3 is 0 Å². The van der Waals surface area contributed by atoms with Crippen molar-refractivity contribution in [1.82, 2.24) is 24.8 Å². The minimum Gasteiger partial charge on any atom is -0.264 e. The molecule has 3 aromatic heterocycles. The van der Waals surface area contributed by atoms with Gasteiger partial charge in [-0.3, -0.25) is 4.98 Å². The molecule has 0 aliphatic carbocycles. The molecule has 5 nitrogen and oxygen atoms in total. The summed E-state index contributed by atoms with van der Waals surface area (Å²) < 4.78 is 1.65. The Morgan fingerprint density at radius 2 is 1.80 bits per heavy atom. The summed E-state index contributed by atoms with van der Waals surface area (Å²) in [5.74, 6) is 0.626. The lowest BCUT2D eigenvalue weighted by atomic mass is 10.2. The Labute approximate surface area is 118 Å². The number of pyridine rings is 1. The molecule has 0 radical (unpaired) electrons. The fourth-order valence-corrected chi connectivity index (χ4v) is 2.46. The zero-order valence-corrected chi connectivity index (χ0v) is 11.0. The monoisotopic (exact) mass is 281 g/mol. The predicted molar refractivity (Wildman–Crippen MR) is 76.5 cm³/mol. The Bertz CT molecular complexity index is 917. The van der Waals surface area contributed by atoms with Gasteiger partial charge in [-0.2, -0.15) is 9.61 Å². The molecule has 3 heterocycles. The smallest absolute Gasteiger partial charge is 0.187 e. The second-order valence-corrected chi connectivity index (χ2v) is 4.70. The maximum Gasteiger partial charge on any atom is 0.187 e. The second kappa shape index (κ2) is 4.25. The number of aromatic nitrogens is 5. The number of fused-ring (bicyclic) bond motifs is 3. The van der Waals surface area contributed by atoms with Crippen LogP contribution < -0.4 is 0 Å². The van der Waals surface area contributed by atoms with Gasteiger partial charge in [0.2, 0.25) is 0 Å². The van der Waals surface area contributed by atoms with Gasteiger partial charge in [-0.25, -0.2) is 0 Å². The SMILES string of the molecule is Clc1nn2c(-c3cccnc3)nnc2c2ccccc12. The fraction of sp³-hybridized carbons (Fsp3) is 0. The van der Waals surface area contributed by atoms with Crippen molar-refractivity contribution in [3.8, 4) is 11.4 Å². The Balaban J connectivity index is 2.12. The normalized spacial score (nSPS) is 11.2. The van der Waals surface area contributed by atoms with E-state index in [1.165, 1.54) is 0 Å². The summed E-state index contributed by atoms with van der Waals surface area (Å²) in [6.45, 7) is 0. The van der Waals surface area contributed by atoms with Gasteiger partial charge in [-0.1, -0.05) is 35.9 Å². The summed E-state index contributed by atoms with van der Waals surface area (Å²) in [7, 11) is 0. The Hall–Kier alpha value is -2.53. The van der Waals surface area contributed by atoms with Crippen LogP contribution >= 0.6 is 11.6 Å². The summed E-state index contributed by atoms with van der Waals surface area (Å²) in [4.78, 5) is 4.09. The van der Waals surface area contributed by atoms with Crippen molar-refractivity contribution in [3.05, 3.63) is 53.9 Å². The summed E-state index contributed by atoms with van der Waals surface area (Å²) in [6, 6.07) is 11.5. The quantitative estimate of drug-likeness (QED) is 0.538. The molecule has 0 N–H and O–H groups in total. The molecular weight excluding hydrogens is 274 g/mol. The van der Waals surface area contributed by atoms with Crippen LogP contribution in [0.4, 0.5) is 0 Å². The van der Waals surface area contributed by atoms with Crippen molar-refractivity contribution >= 4 is 28.0 Å². The third-order valence-electron chi connectivity index (χ3n) is 3.14. The third-order valence-corrected chi connectivity index (χ3v) is 3.42. The summed E-state index contributed by atoms with van der Waals surface area (Å²) in [5.41, 5.74) is 1.53. The highest BCUT2D eigenvalue weighted by molar-refractivity contribution is 6.34. The van der Waals surface area contributed by atoms with Crippen molar-refractivity contribution in [2.75, 3.05) is 0 Å². The van der Waals surface area contributed by atoms with Gasteiger partial charge in [0.25, 0.3) is 0 Å². The summed E-state index contributed by atoms with van der Waals surface area (Å²) in [6.07, 6.45) is 3.43. The van der Waals surface area contributed by atoms with Crippen LogP contribution in [0, 0.1) is 0 Å². The van der Waals surface area contributed by atoms with Crippen molar-refractivity contribution in [2.24, 2.45) is 0 Å². The van der Waals surface area contributed by atoms with Crippen LogP contribution in [0.1, 0.15) is 0 Å². The first kappa shape index (κ1) is 11.3. The molecule has 96 valence electrons. The van der Waals surface area contributed by atoms with Gasteiger partial charge in [-0.15, -0.1) is 10.2 Å². The number of hydrogen-bond donors (Lipinski definition) is 0. The topological polar surface area (TPSA) is 56.0 Å². The number of benzene rings is 1. The molecular formula is C14H8ClN5. The summed E-state index contributed by atoms with van der Waals surface area (Å²) in [5, 5.41) is 15.0. The highest BCUT2D eigenvalue weighted by Crippen LogP contribution is 2.26. The molecule has 0 atom stereocenters. The average Bonchev–Trinajstić information content (AvgIpc) is 2.92. The van der Waals surface area contributed by atoms with Gasteiger partial charge < -0.3 is 0 Å². The van der Waals surface area contributed by atoms with E-state index >= 15 is 0 Å². The molecule has 0 aliphatic heterocycles. The van der Waals surface area contributed by atoms with E-state index in [4.69, 9.17) is 11.6 Å². The minimum absolute atomic E-state index is 0.429. The molecule has 0 saturated heterocycles. The van der Waals surface area contributed by atoms with Crippen molar-refractivity contribution in [2.45, 2.75) is 0 Å². The Morgan fingerprint density at radius 3 is 2.60 bits per heavy atom. The number of hydrogen-bond acceptors (Lipinski definition) is 4. The molecule has 0 saturated carbocycles. The molecule has 4 aromatic rings. The predicted octanol–water partition coefficient (Wildman–Crippen LogP) is 2.99. The minimum atomic E-state index is 0.429. The summed E-state index contributed by atoms with van der Waals surface area (Å²) >= 11 is 6.25. The maximum absolute atomic E-state index is 6.25. The van der Waals surface area contributed by atoms with Crippen LogP contribution in [-0.2, 0) is 0 Å². The average molecular weight is 282 g/mol. The van der Waals surface area contributed by atoms with E-state index in [0.29, 0.717) is 16.6 Å². The van der Waals surface area contributed by atoms with Crippen LogP contribution in [0.5, 0.6) is 0 Å². The number of halogens is 1. The van der Waals surface area contributed by atoms with Crippen molar-refractivity contribution in [1.29, 1.82) is 0 Å². The molecule has 6 heteroatoms. The molecule has 0 amide bonds. The third kappa shape index (κ3) is 1.57. The first-order chi connectivity index (χ1) is 9.84. The Kier molecular flexibility index (Phi) is 2.40. The molecule has 0 bridgehead atoms. The number of nitrogens with zero attached hydrogens (tertiary/aromatic N) is 5. The van der Waals surface area contributed by atoms with Crippen LogP contribution in [0.3, 0.4) is 0 Å². The van der Waals surface area contributed by atoms with Gasteiger partial charge in [0.1, 0.15) is 0 Å². The van der Waals surface area contributed by atoms with Gasteiger partial charge in [-0.05, 0) is 12.1 Å². The van der Waals surface area contributed by atoms with E-state index in [-0.39, 0.29) is 0 Å². The second-order valence-electron chi connectivity index (χ2n) is 4.34. The number of rotatable bonds is 1. The molecule has 20 heavy (non-hydrogen) atoms. The highest BCUT2D eigenvalue weighted by Gasteiger charge is 2.14. The lowest BCUT2D eigenvalue weighted by molar-refractivity contribution is 0.945. The zero-order valence-electron chi connectivity index (χ0n) is 10.2. The van der Waals surface area contributed by atoms with Crippen LogP contribution in [0.25, 0.3) is 27.8 Å². The lowest BCUT2D eigenvalue weighted by Gasteiger charge is -2.03. The van der Waals surface area contributed by atoms with E-state index in [0.717, 1.165) is 16.3 Å². The van der Waals surface area contributed by atoms with E-state index < -0.39 is 0 Å². The van der Waals surface area contributed by atoms with Gasteiger partial charge in [0.15, 0.2) is 16.6 Å². The molecule has 1 aromatic carbocycles.